The first-order chi connectivity index (χ1) is 3.79. The van der Waals surface area contributed by atoms with Gasteiger partial charge in [0.05, 0.1) is 0 Å². The van der Waals surface area contributed by atoms with E-state index in [0.717, 1.165) is 0 Å². The third-order valence-electron chi connectivity index (χ3n) is 1.22. The molecule has 0 unspecified atom stereocenters. The van der Waals surface area contributed by atoms with Gasteiger partial charge in [0.25, 0.3) is 0 Å². The van der Waals surface area contributed by atoms with Crippen molar-refractivity contribution in [1.82, 2.24) is 0 Å². The molecule has 1 aromatic rings. The Bertz CT molecular complexity index is 144. The fourth-order valence-corrected chi connectivity index (χ4v) is 0.637. The van der Waals surface area contributed by atoms with E-state index in [9.17, 15) is 0 Å². The molecule has 0 amide bonds. The summed E-state index contributed by atoms with van der Waals surface area (Å²) in [7, 11) is 0. The van der Waals surface area contributed by atoms with E-state index in [4.69, 9.17) is 0 Å². The fraction of sp³-hybridized carbons (Fsp3) is 0.222. The molecule has 0 bridgehead atoms. The molecule has 0 aliphatic rings. The van der Waals surface area contributed by atoms with Crippen molar-refractivity contribution >= 4 is 0 Å². The zero-order chi connectivity index (χ0) is 5.98. The Morgan fingerprint density at radius 1 is 0.800 bits per heavy atom. The van der Waals surface area contributed by atoms with E-state index in [0.29, 0.717) is 0 Å². The van der Waals surface area contributed by atoms with Gasteiger partial charge in [-0.3, -0.25) is 0 Å². The largest absolute Gasteiger partial charge is 0.358 e. The van der Waals surface area contributed by atoms with Gasteiger partial charge in [-0.15, -0.1) is 0 Å². The Morgan fingerprint density at radius 3 is 1.20 bits per heavy atom. The second-order valence-electron chi connectivity index (χ2n) is 2.15. The van der Waals surface area contributed by atoms with Gasteiger partial charge >= 0.3 is 0 Å². The van der Waals surface area contributed by atoms with Crippen molar-refractivity contribution in [3.8, 4) is 0 Å². The molecule has 0 aliphatic carbocycles. The van der Waals surface area contributed by atoms with Gasteiger partial charge < -0.3 is 7.43 Å². The maximum atomic E-state index is 2.12. The molecule has 1 aromatic carbocycles. The van der Waals surface area contributed by atoms with Gasteiger partial charge in [-0.05, 0) is 13.8 Å². The van der Waals surface area contributed by atoms with Gasteiger partial charge in [0.15, 0.2) is 0 Å². The molecule has 0 heterocycles. The van der Waals surface area contributed by atoms with Crippen LogP contribution in [-0.2, 0) is 0 Å². The number of benzene rings is 1. The van der Waals surface area contributed by atoms with E-state index in [-0.39, 0.29) is 38.5 Å². The fourth-order valence-electron chi connectivity index (χ4n) is 0.637. The summed E-state index contributed by atoms with van der Waals surface area (Å²) >= 11 is 0. The third kappa shape index (κ3) is 4.15. The van der Waals surface area contributed by atoms with E-state index in [1.807, 2.05) is 0 Å². The summed E-state index contributed by atoms with van der Waals surface area (Å²) in [5.74, 6) is 0. The minimum Gasteiger partial charge on any atom is -0.358 e. The van der Waals surface area contributed by atoms with Gasteiger partial charge in [0.2, 0.25) is 0 Å². The predicted molar refractivity (Wildman–Crippen MR) is 42.3 cm³/mol. The Labute approximate surface area is 87.4 Å². The zero-order valence-corrected chi connectivity index (χ0v) is 11.0. The van der Waals surface area contributed by atoms with E-state index in [2.05, 4.69) is 38.1 Å². The predicted octanol–water partition coefficient (Wildman–Crippen LogP) is 2.75. The van der Waals surface area contributed by atoms with Crippen LogP contribution in [-0.4, -0.2) is 0 Å². The minimum atomic E-state index is 0. The first kappa shape index (κ1) is 12.9. The monoisotopic (exact) mass is 359 g/mol. The summed E-state index contributed by atoms with van der Waals surface area (Å²) in [6.07, 6.45) is 0. The van der Waals surface area contributed by atoms with E-state index < -0.39 is 0 Å². The Balaban J connectivity index is 0. The molecule has 0 fully saturated rings. The van der Waals surface area contributed by atoms with Crippen molar-refractivity contribution in [2.45, 2.75) is 13.8 Å². The molecule has 0 spiro atoms. The van der Waals surface area contributed by atoms with Crippen LogP contribution in [0.15, 0.2) is 24.3 Å². The molecule has 0 aliphatic heterocycles. The molecule has 0 saturated carbocycles. The van der Waals surface area contributed by atoms with Crippen LogP contribution in [0, 0.1) is 52.4 Å². The molecular weight excluding hydrogens is 346 g/mol. The third-order valence-corrected chi connectivity index (χ3v) is 1.22. The Kier molecular flexibility index (Phi) is 7.76. The summed E-state index contributed by atoms with van der Waals surface area (Å²) in [6, 6.07) is 8.48. The van der Waals surface area contributed by atoms with Crippen LogP contribution in [0.2, 0.25) is 0 Å². The summed E-state index contributed by atoms with van der Waals surface area (Å²) in [5.41, 5.74) is 2.66. The zero-order valence-electron chi connectivity index (χ0n) is 6.81. The van der Waals surface area contributed by atoms with Crippen LogP contribution in [0.5, 0.6) is 0 Å². The molecule has 0 radical (unpaired) electrons. The van der Waals surface area contributed by atoms with Crippen LogP contribution < -0.4 is 0 Å². The van der Waals surface area contributed by atoms with Gasteiger partial charge in [-0.2, -0.15) is 0 Å². The van der Waals surface area contributed by atoms with Crippen molar-refractivity contribution in [3.63, 3.8) is 0 Å². The molecule has 0 atom stereocenters. The summed E-state index contributed by atoms with van der Waals surface area (Å²) in [6.45, 7) is 4.19. The van der Waals surface area contributed by atoms with Crippen molar-refractivity contribution < 1.29 is 31.1 Å². The quantitative estimate of drug-likeness (QED) is 0.625. The first-order valence-electron chi connectivity index (χ1n) is 2.82. The number of hydrogen-bond donors (Lipinski definition) is 0. The molecule has 0 nitrogen and oxygen atoms in total. The van der Waals surface area contributed by atoms with Crippen molar-refractivity contribution in [1.29, 1.82) is 0 Å². The second-order valence-corrected chi connectivity index (χ2v) is 2.15. The summed E-state index contributed by atoms with van der Waals surface area (Å²) in [5, 5.41) is 0. The number of aryl methyl sites for hydroxylation is 2. The van der Waals surface area contributed by atoms with Crippen LogP contribution >= 0.6 is 0 Å². The van der Waals surface area contributed by atoms with Gasteiger partial charge in [-0.1, -0.05) is 35.4 Å². The van der Waals surface area contributed by atoms with Crippen LogP contribution in [0.3, 0.4) is 0 Å². The SMILES string of the molecule is Cc1ccc(C)cc1.[CH3-].[U]. The molecule has 0 aromatic heterocycles. The Hall–Kier alpha value is 0.272. The summed E-state index contributed by atoms with van der Waals surface area (Å²) < 4.78 is 0. The molecular formula is C9H13U-. The molecule has 1 rings (SSSR count). The van der Waals surface area contributed by atoms with Crippen molar-refractivity contribution in [2.24, 2.45) is 0 Å². The Morgan fingerprint density at radius 2 is 1.00 bits per heavy atom. The average Bonchev–Trinajstić information content (AvgIpc) is 1.77. The van der Waals surface area contributed by atoms with Crippen LogP contribution in [0.4, 0.5) is 0 Å². The molecule has 0 N–H and O–H groups in total. The molecule has 1 heteroatoms. The van der Waals surface area contributed by atoms with Gasteiger partial charge in [0, 0.05) is 31.1 Å². The number of hydrogen-bond acceptors (Lipinski definition) is 0. The molecule has 54 valence electrons. The van der Waals surface area contributed by atoms with Crippen molar-refractivity contribution in [3.05, 3.63) is 42.8 Å². The standard InChI is InChI=1S/C8H10.CH3.U/c1-7-3-5-8(2)6-4-7;;/h3-6H,1-2H3;1H3;/q;-1;. The minimum absolute atomic E-state index is 0. The normalized spacial score (nSPS) is 7.40. The molecule has 10 heavy (non-hydrogen) atoms. The van der Waals surface area contributed by atoms with Crippen LogP contribution in [0.25, 0.3) is 0 Å². The molecule has 0 saturated heterocycles. The van der Waals surface area contributed by atoms with Gasteiger partial charge in [-0.25, -0.2) is 0 Å². The van der Waals surface area contributed by atoms with E-state index in [1.54, 1.807) is 0 Å². The van der Waals surface area contributed by atoms with Gasteiger partial charge in [0.1, 0.15) is 0 Å². The topological polar surface area (TPSA) is 0 Å². The average molecular weight is 359 g/mol. The van der Waals surface area contributed by atoms with Crippen LogP contribution in [0.1, 0.15) is 11.1 Å². The second kappa shape index (κ2) is 6.01. The maximum absolute atomic E-state index is 2.12. The van der Waals surface area contributed by atoms with E-state index >= 15 is 0 Å². The first-order valence-corrected chi connectivity index (χ1v) is 2.82. The summed E-state index contributed by atoms with van der Waals surface area (Å²) in [4.78, 5) is 0. The van der Waals surface area contributed by atoms with Crippen molar-refractivity contribution in [2.75, 3.05) is 0 Å². The number of rotatable bonds is 0. The smallest absolute Gasteiger partial charge is 0 e. The van der Waals surface area contributed by atoms with E-state index in [1.165, 1.54) is 11.1 Å². The maximum Gasteiger partial charge on any atom is 0 e.